The second kappa shape index (κ2) is 2.48. The molecule has 6 heteroatoms. The lowest BCUT2D eigenvalue weighted by atomic mass is 10.2. The number of thiocarbonyl (C=S) groups is 1. The smallest absolute Gasteiger partial charge is 0.227 e. The van der Waals surface area contributed by atoms with Crippen molar-refractivity contribution in [2.45, 2.75) is 5.72 Å². The Hall–Kier alpha value is -1.14. The molecule has 0 saturated heterocycles. The molecule has 1 aliphatic heterocycles. The van der Waals surface area contributed by atoms with Crippen LogP contribution in [0.15, 0.2) is 17.1 Å². The summed E-state index contributed by atoms with van der Waals surface area (Å²) in [5.74, 6) is -0.275. The van der Waals surface area contributed by atoms with Gasteiger partial charge in [0, 0.05) is 0 Å². The lowest BCUT2D eigenvalue weighted by molar-refractivity contribution is 0.137. The molecule has 0 aromatic heterocycles. The molecular formula is C5H7N3O2S. The maximum atomic E-state index is 9.39. The first-order valence-electron chi connectivity index (χ1n) is 2.78. The van der Waals surface area contributed by atoms with E-state index in [1.54, 1.807) is 0 Å². The Morgan fingerprint density at radius 2 is 2.45 bits per heavy atom. The van der Waals surface area contributed by atoms with E-state index in [4.69, 9.17) is 10.8 Å². The van der Waals surface area contributed by atoms with Gasteiger partial charge in [0.2, 0.25) is 11.6 Å². The van der Waals surface area contributed by atoms with Gasteiger partial charge in [-0.25, -0.2) is 0 Å². The summed E-state index contributed by atoms with van der Waals surface area (Å²) < 4.78 is 0. The number of aliphatic hydroxyl groups excluding tert-OH is 1. The van der Waals surface area contributed by atoms with Gasteiger partial charge >= 0.3 is 0 Å². The topological polar surface area (TPSA) is 90.9 Å². The van der Waals surface area contributed by atoms with Gasteiger partial charge in [0.05, 0.1) is 12.4 Å². The summed E-state index contributed by atoms with van der Waals surface area (Å²) in [4.78, 5) is 3.32. The molecule has 60 valence electrons. The normalized spacial score (nSPS) is 29.0. The summed E-state index contributed by atoms with van der Waals surface area (Å²) in [6.07, 6.45) is 2.24. The molecule has 1 atom stereocenters. The third-order valence-electron chi connectivity index (χ3n) is 1.15. The van der Waals surface area contributed by atoms with E-state index in [-0.39, 0.29) is 10.9 Å². The minimum absolute atomic E-state index is 0.194. The van der Waals surface area contributed by atoms with Gasteiger partial charge in [-0.3, -0.25) is 4.99 Å². The van der Waals surface area contributed by atoms with Crippen molar-refractivity contribution in [2.24, 2.45) is 10.7 Å². The highest BCUT2D eigenvalue weighted by atomic mass is 32.1. The van der Waals surface area contributed by atoms with E-state index in [9.17, 15) is 5.11 Å². The number of nitrogens with zero attached hydrogens (tertiary/aromatic N) is 1. The van der Waals surface area contributed by atoms with Crippen LogP contribution in [0.25, 0.3) is 0 Å². The molecule has 5 N–H and O–H groups in total. The van der Waals surface area contributed by atoms with Gasteiger partial charge in [-0.05, 0) is 0 Å². The molecule has 0 radical (unpaired) electrons. The van der Waals surface area contributed by atoms with Crippen LogP contribution in [-0.4, -0.2) is 27.1 Å². The van der Waals surface area contributed by atoms with Crippen molar-refractivity contribution in [3.63, 3.8) is 0 Å². The molecule has 0 saturated carbocycles. The summed E-state index contributed by atoms with van der Waals surface area (Å²) in [7, 11) is 0. The molecule has 0 bridgehead atoms. The lowest BCUT2D eigenvalue weighted by Crippen LogP contribution is -2.56. The fourth-order valence-electron chi connectivity index (χ4n) is 0.601. The van der Waals surface area contributed by atoms with E-state index >= 15 is 0 Å². The second-order valence-corrected chi connectivity index (χ2v) is 2.49. The number of nitrogens with two attached hydrogens (primary N) is 1. The molecular weight excluding hydrogens is 166 g/mol. The molecule has 0 aromatic carbocycles. The average molecular weight is 173 g/mol. The molecule has 0 fully saturated rings. The summed E-state index contributed by atoms with van der Waals surface area (Å²) in [6, 6.07) is 0. The van der Waals surface area contributed by atoms with E-state index in [0.717, 1.165) is 12.4 Å². The number of rotatable bonds is 1. The molecule has 1 unspecified atom stereocenters. The Morgan fingerprint density at radius 1 is 1.82 bits per heavy atom. The number of aliphatic hydroxyl groups is 2. The molecule has 5 nitrogen and oxygen atoms in total. The standard InChI is InChI=1S/C5H7N3O2S/c6-4(11)5(10)2-7-1-3(9)8-5/h1-2,8-10H,(H2,6,11). The van der Waals surface area contributed by atoms with Crippen LogP contribution in [0.5, 0.6) is 0 Å². The van der Waals surface area contributed by atoms with Crippen molar-refractivity contribution in [3.8, 4) is 0 Å². The number of hydrogen-bond acceptors (Lipinski definition) is 5. The van der Waals surface area contributed by atoms with Crippen LogP contribution in [0.2, 0.25) is 0 Å². The first-order valence-corrected chi connectivity index (χ1v) is 3.19. The number of aliphatic imine (C=N–C) groups is 1. The van der Waals surface area contributed by atoms with Crippen molar-refractivity contribution in [1.29, 1.82) is 0 Å². The largest absolute Gasteiger partial charge is 0.494 e. The van der Waals surface area contributed by atoms with Crippen molar-refractivity contribution in [3.05, 3.63) is 12.1 Å². The van der Waals surface area contributed by atoms with Gasteiger partial charge < -0.3 is 21.3 Å². The maximum absolute atomic E-state index is 9.39. The monoisotopic (exact) mass is 173 g/mol. The van der Waals surface area contributed by atoms with Crippen LogP contribution >= 0.6 is 12.2 Å². The lowest BCUT2D eigenvalue weighted by Gasteiger charge is -2.25. The third-order valence-corrected chi connectivity index (χ3v) is 1.46. The zero-order valence-corrected chi connectivity index (χ0v) is 6.30. The predicted molar refractivity (Wildman–Crippen MR) is 44.1 cm³/mol. The van der Waals surface area contributed by atoms with Gasteiger partial charge in [-0.2, -0.15) is 0 Å². The Labute approximate surface area is 68.2 Å². The molecule has 1 rings (SSSR count). The Bertz CT molecular complexity index is 250. The first-order chi connectivity index (χ1) is 5.04. The van der Waals surface area contributed by atoms with Gasteiger partial charge in [0.25, 0.3) is 0 Å². The summed E-state index contributed by atoms with van der Waals surface area (Å²) in [6.45, 7) is 0. The highest BCUT2D eigenvalue weighted by molar-refractivity contribution is 7.80. The van der Waals surface area contributed by atoms with E-state index < -0.39 is 5.72 Å². The molecule has 0 spiro atoms. The van der Waals surface area contributed by atoms with Crippen LogP contribution in [0.4, 0.5) is 0 Å². The van der Waals surface area contributed by atoms with Crippen molar-refractivity contribution in [1.82, 2.24) is 5.32 Å². The molecule has 1 heterocycles. The zero-order valence-electron chi connectivity index (χ0n) is 5.48. The van der Waals surface area contributed by atoms with Crippen LogP contribution in [0.1, 0.15) is 0 Å². The zero-order chi connectivity index (χ0) is 8.48. The fraction of sp³-hybridized carbons (Fsp3) is 0.200. The van der Waals surface area contributed by atoms with Gasteiger partial charge in [-0.15, -0.1) is 0 Å². The highest BCUT2D eigenvalue weighted by Gasteiger charge is 2.30. The SMILES string of the molecule is NC(=S)C1(O)C=NC=C(O)N1. The van der Waals surface area contributed by atoms with Crippen LogP contribution in [0, 0.1) is 0 Å². The first kappa shape index (κ1) is 7.96. The molecule has 0 aliphatic carbocycles. The number of hydrogen-bond donors (Lipinski definition) is 4. The quantitative estimate of drug-likeness (QED) is 0.381. The van der Waals surface area contributed by atoms with E-state index in [0.29, 0.717) is 0 Å². The van der Waals surface area contributed by atoms with Crippen molar-refractivity contribution < 1.29 is 10.2 Å². The van der Waals surface area contributed by atoms with Gasteiger partial charge in [0.1, 0.15) is 4.99 Å². The van der Waals surface area contributed by atoms with Crippen LogP contribution in [0.3, 0.4) is 0 Å². The van der Waals surface area contributed by atoms with Gasteiger partial charge in [-0.1, -0.05) is 12.2 Å². The van der Waals surface area contributed by atoms with Crippen molar-refractivity contribution in [2.75, 3.05) is 0 Å². The highest BCUT2D eigenvalue weighted by Crippen LogP contribution is 2.04. The Balaban J connectivity index is 2.86. The molecule has 1 aliphatic rings. The predicted octanol–water partition coefficient (Wildman–Crippen LogP) is -1.01. The summed E-state index contributed by atoms with van der Waals surface area (Å²) in [5.41, 5.74) is 3.45. The Kier molecular flexibility index (Phi) is 1.79. The van der Waals surface area contributed by atoms with E-state index in [1.165, 1.54) is 0 Å². The molecule has 0 aromatic rings. The summed E-state index contributed by atoms with van der Waals surface area (Å²) >= 11 is 4.52. The average Bonchev–Trinajstić information content (AvgIpc) is 1.86. The van der Waals surface area contributed by atoms with Crippen LogP contribution < -0.4 is 11.1 Å². The summed E-state index contributed by atoms with van der Waals surface area (Å²) in [5, 5.41) is 20.5. The maximum Gasteiger partial charge on any atom is 0.227 e. The van der Waals surface area contributed by atoms with Crippen molar-refractivity contribution >= 4 is 23.4 Å². The minimum atomic E-state index is -1.70. The van der Waals surface area contributed by atoms with Gasteiger partial charge in [0.15, 0.2) is 0 Å². The van der Waals surface area contributed by atoms with Crippen LogP contribution in [-0.2, 0) is 0 Å². The Morgan fingerprint density at radius 3 is 2.82 bits per heavy atom. The molecule has 11 heavy (non-hydrogen) atoms. The minimum Gasteiger partial charge on any atom is -0.494 e. The number of nitrogens with one attached hydrogen (secondary N) is 1. The second-order valence-electron chi connectivity index (χ2n) is 2.05. The fourth-order valence-corrected chi connectivity index (χ4v) is 0.704. The van der Waals surface area contributed by atoms with E-state index in [1.807, 2.05) is 0 Å². The third kappa shape index (κ3) is 1.47. The molecule has 0 amide bonds. The van der Waals surface area contributed by atoms with E-state index in [2.05, 4.69) is 22.5 Å².